The molecule has 1 aliphatic heterocycles. The van der Waals surface area contributed by atoms with Crippen molar-refractivity contribution in [3.05, 3.63) is 71.3 Å². The van der Waals surface area contributed by atoms with Crippen molar-refractivity contribution >= 4 is 12.1 Å². The molecule has 0 spiro atoms. The quantitative estimate of drug-likeness (QED) is 0.887. The maximum absolute atomic E-state index is 12.2. The largest absolute Gasteiger partial charge is 0.481 e. The SMILES string of the molecule is O=C(O)Cc1cccc(C2CCN(C(=O)OCc3ccccc3)CC2)c1. The first-order valence-corrected chi connectivity index (χ1v) is 8.88. The van der Waals surface area contributed by atoms with Crippen molar-refractivity contribution in [3.63, 3.8) is 0 Å². The van der Waals surface area contributed by atoms with E-state index in [-0.39, 0.29) is 19.1 Å². The van der Waals surface area contributed by atoms with Gasteiger partial charge in [-0.2, -0.15) is 0 Å². The Hall–Kier alpha value is -2.82. The van der Waals surface area contributed by atoms with Crippen LogP contribution in [-0.4, -0.2) is 35.2 Å². The summed E-state index contributed by atoms with van der Waals surface area (Å²) in [4.78, 5) is 24.9. The third-order valence-corrected chi connectivity index (χ3v) is 4.74. The average molecular weight is 353 g/mol. The summed E-state index contributed by atoms with van der Waals surface area (Å²) in [6.45, 7) is 1.60. The summed E-state index contributed by atoms with van der Waals surface area (Å²) >= 11 is 0. The number of carbonyl (C=O) groups is 2. The van der Waals surface area contributed by atoms with Crippen LogP contribution >= 0.6 is 0 Å². The number of carboxylic acids is 1. The van der Waals surface area contributed by atoms with E-state index in [2.05, 4.69) is 0 Å². The second-order valence-corrected chi connectivity index (χ2v) is 6.62. The van der Waals surface area contributed by atoms with Crippen LogP contribution in [0.15, 0.2) is 54.6 Å². The highest BCUT2D eigenvalue weighted by Gasteiger charge is 2.25. The van der Waals surface area contributed by atoms with Gasteiger partial charge in [-0.15, -0.1) is 0 Å². The van der Waals surface area contributed by atoms with E-state index >= 15 is 0 Å². The van der Waals surface area contributed by atoms with Crippen LogP contribution in [0.2, 0.25) is 0 Å². The molecule has 0 saturated carbocycles. The number of carbonyl (C=O) groups excluding carboxylic acids is 1. The zero-order valence-corrected chi connectivity index (χ0v) is 14.6. The summed E-state index contributed by atoms with van der Waals surface area (Å²) in [7, 11) is 0. The zero-order chi connectivity index (χ0) is 18.4. The first-order valence-electron chi connectivity index (χ1n) is 8.88. The molecule has 0 aromatic heterocycles. The van der Waals surface area contributed by atoms with Gasteiger partial charge in [-0.25, -0.2) is 4.79 Å². The van der Waals surface area contributed by atoms with Crippen LogP contribution < -0.4 is 0 Å². The molecule has 2 aromatic carbocycles. The van der Waals surface area contributed by atoms with Gasteiger partial charge in [-0.3, -0.25) is 4.79 Å². The second kappa shape index (κ2) is 8.52. The van der Waals surface area contributed by atoms with Crippen LogP contribution in [0.4, 0.5) is 4.79 Å². The molecule has 0 unspecified atom stereocenters. The Morgan fingerprint density at radius 3 is 2.38 bits per heavy atom. The van der Waals surface area contributed by atoms with E-state index < -0.39 is 5.97 Å². The maximum Gasteiger partial charge on any atom is 0.410 e. The fraction of sp³-hybridized carbons (Fsp3) is 0.333. The second-order valence-electron chi connectivity index (χ2n) is 6.62. The number of ether oxygens (including phenoxy) is 1. The van der Waals surface area contributed by atoms with E-state index in [0.717, 1.165) is 29.5 Å². The van der Waals surface area contributed by atoms with Gasteiger partial charge >= 0.3 is 12.1 Å². The van der Waals surface area contributed by atoms with Crippen molar-refractivity contribution in [1.29, 1.82) is 0 Å². The van der Waals surface area contributed by atoms with E-state index in [0.29, 0.717) is 19.0 Å². The van der Waals surface area contributed by atoms with Crippen molar-refractivity contribution in [2.45, 2.75) is 31.8 Å². The van der Waals surface area contributed by atoms with Gasteiger partial charge in [-0.05, 0) is 35.4 Å². The monoisotopic (exact) mass is 353 g/mol. The predicted octanol–water partition coefficient (Wildman–Crippen LogP) is 3.83. The smallest absolute Gasteiger partial charge is 0.410 e. The Morgan fingerprint density at radius 2 is 1.69 bits per heavy atom. The van der Waals surface area contributed by atoms with Crippen molar-refractivity contribution < 1.29 is 19.4 Å². The molecule has 3 rings (SSSR count). The lowest BCUT2D eigenvalue weighted by Crippen LogP contribution is -2.38. The summed E-state index contributed by atoms with van der Waals surface area (Å²) in [5.41, 5.74) is 2.95. The van der Waals surface area contributed by atoms with Gasteiger partial charge in [-0.1, -0.05) is 54.6 Å². The Labute approximate surface area is 153 Å². The number of nitrogens with zero attached hydrogens (tertiary/aromatic N) is 1. The molecule has 1 aliphatic rings. The lowest BCUT2D eigenvalue weighted by molar-refractivity contribution is -0.136. The van der Waals surface area contributed by atoms with Crippen LogP contribution in [0.1, 0.15) is 35.4 Å². The van der Waals surface area contributed by atoms with Gasteiger partial charge in [0.05, 0.1) is 6.42 Å². The number of likely N-dealkylation sites (tertiary alicyclic amines) is 1. The van der Waals surface area contributed by atoms with Crippen LogP contribution in [0.5, 0.6) is 0 Å². The molecule has 136 valence electrons. The number of rotatable bonds is 5. The third-order valence-electron chi connectivity index (χ3n) is 4.74. The summed E-state index contributed by atoms with van der Waals surface area (Å²) in [5.74, 6) is -0.472. The van der Waals surface area contributed by atoms with Gasteiger partial charge < -0.3 is 14.7 Å². The Morgan fingerprint density at radius 1 is 1.00 bits per heavy atom. The first kappa shape index (κ1) is 18.0. The summed E-state index contributed by atoms with van der Waals surface area (Å²) in [6, 6.07) is 17.4. The molecule has 1 N–H and O–H groups in total. The summed E-state index contributed by atoms with van der Waals surface area (Å²) in [6.07, 6.45) is 1.49. The minimum absolute atomic E-state index is 0.0402. The van der Waals surface area contributed by atoms with Crippen molar-refractivity contribution in [2.75, 3.05) is 13.1 Å². The fourth-order valence-corrected chi connectivity index (χ4v) is 3.34. The first-order chi connectivity index (χ1) is 12.6. The number of aliphatic carboxylic acids is 1. The van der Waals surface area contributed by atoms with E-state index in [1.807, 2.05) is 54.6 Å². The number of benzene rings is 2. The lowest BCUT2D eigenvalue weighted by atomic mass is 9.88. The summed E-state index contributed by atoms with van der Waals surface area (Å²) < 4.78 is 5.39. The third kappa shape index (κ3) is 4.85. The number of piperidine rings is 1. The highest BCUT2D eigenvalue weighted by molar-refractivity contribution is 5.70. The van der Waals surface area contributed by atoms with Crippen LogP contribution in [-0.2, 0) is 22.6 Å². The number of amides is 1. The number of hydrogen-bond acceptors (Lipinski definition) is 3. The molecule has 5 heteroatoms. The molecule has 0 aliphatic carbocycles. The van der Waals surface area contributed by atoms with Crippen molar-refractivity contribution in [2.24, 2.45) is 0 Å². The topological polar surface area (TPSA) is 66.8 Å². The van der Waals surface area contributed by atoms with Gasteiger partial charge in [0, 0.05) is 13.1 Å². The molecule has 0 bridgehead atoms. The molecule has 2 aromatic rings. The van der Waals surface area contributed by atoms with Crippen molar-refractivity contribution in [3.8, 4) is 0 Å². The van der Waals surface area contributed by atoms with Crippen LogP contribution in [0.25, 0.3) is 0 Å². The van der Waals surface area contributed by atoms with Gasteiger partial charge in [0.2, 0.25) is 0 Å². The highest BCUT2D eigenvalue weighted by atomic mass is 16.6. The molecular weight excluding hydrogens is 330 g/mol. The average Bonchev–Trinajstić information content (AvgIpc) is 2.67. The molecule has 1 fully saturated rings. The Bertz CT molecular complexity index is 752. The van der Waals surface area contributed by atoms with E-state index in [9.17, 15) is 9.59 Å². The molecule has 0 atom stereocenters. The Kier molecular flexibility index (Phi) is 5.89. The van der Waals surface area contributed by atoms with E-state index in [1.165, 1.54) is 0 Å². The van der Waals surface area contributed by atoms with Gasteiger partial charge in [0.25, 0.3) is 0 Å². The molecule has 1 amide bonds. The summed E-state index contributed by atoms with van der Waals surface area (Å²) in [5, 5.41) is 8.94. The van der Waals surface area contributed by atoms with Crippen molar-refractivity contribution in [1.82, 2.24) is 4.90 Å². The van der Waals surface area contributed by atoms with Gasteiger partial charge in [0.15, 0.2) is 0 Å². The maximum atomic E-state index is 12.2. The van der Waals surface area contributed by atoms with Crippen LogP contribution in [0.3, 0.4) is 0 Å². The zero-order valence-electron chi connectivity index (χ0n) is 14.6. The molecule has 0 radical (unpaired) electrons. The number of hydrogen-bond donors (Lipinski definition) is 1. The molecular formula is C21H23NO4. The Balaban J connectivity index is 1.51. The van der Waals surface area contributed by atoms with Gasteiger partial charge in [0.1, 0.15) is 6.61 Å². The minimum Gasteiger partial charge on any atom is -0.481 e. The fourth-order valence-electron chi connectivity index (χ4n) is 3.34. The predicted molar refractivity (Wildman–Crippen MR) is 98.0 cm³/mol. The molecule has 5 nitrogen and oxygen atoms in total. The van der Waals surface area contributed by atoms with E-state index in [1.54, 1.807) is 4.90 Å². The molecule has 1 saturated heterocycles. The number of carboxylic acid groups (broad SMARTS) is 1. The normalized spacial score (nSPS) is 14.8. The highest BCUT2D eigenvalue weighted by Crippen LogP contribution is 2.29. The van der Waals surface area contributed by atoms with Crippen LogP contribution in [0, 0.1) is 0 Å². The molecule has 1 heterocycles. The van der Waals surface area contributed by atoms with E-state index in [4.69, 9.17) is 9.84 Å². The standard InChI is InChI=1S/C21H23NO4/c23-20(24)14-17-7-4-8-19(13-17)18-9-11-22(12-10-18)21(25)26-15-16-5-2-1-3-6-16/h1-8,13,18H,9-12,14-15H2,(H,23,24). The molecule has 26 heavy (non-hydrogen) atoms. The minimum atomic E-state index is -0.821. The lowest BCUT2D eigenvalue weighted by Gasteiger charge is -2.31.